The Bertz CT molecular complexity index is 911. The largest absolute Gasteiger partial charge is 0.492 e. The summed E-state index contributed by atoms with van der Waals surface area (Å²) in [5, 5.41) is 9.18. The maximum absolute atomic E-state index is 13.6. The normalized spacial score (nSPS) is 18.0. The van der Waals surface area contributed by atoms with Crippen molar-refractivity contribution >= 4 is 35.0 Å². The second-order valence-electron chi connectivity index (χ2n) is 7.44. The molecule has 0 amide bonds. The number of Topliss-reactive ketones (excluding diaryl/α,β-unsaturated/α-hetero) is 1. The zero-order chi connectivity index (χ0) is 21.0. The van der Waals surface area contributed by atoms with Gasteiger partial charge in [0.1, 0.15) is 10.8 Å². The van der Waals surface area contributed by atoms with Crippen molar-refractivity contribution in [3.8, 4) is 5.75 Å². The number of ketones is 1. The number of halogens is 2. The first-order chi connectivity index (χ1) is 13.9. The van der Waals surface area contributed by atoms with Gasteiger partial charge in [0.15, 0.2) is 5.78 Å². The topological polar surface area (TPSA) is 63.6 Å². The molecular weight excluding hydrogens is 411 g/mol. The van der Waals surface area contributed by atoms with Crippen LogP contribution in [-0.4, -0.2) is 23.5 Å². The molecule has 4 nitrogen and oxygen atoms in total. The van der Waals surface area contributed by atoms with Crippen LogP contribution in [-0.2, 0) is 16.6 Å². The second-order valence-corrected chi connectivity index (χ2v) is 8.20. The Morgan fingerprint density at radius 3 is 2.55 bits per heavy atom. The molecule has 0 saturated heterocycles. The van der Waals surface area contributed by atoms with E-state index in [0.717, 1.165) is 30.4 Å². The molecule has 1 unspecified atom stereocenters. The number of fused-ring (bicyclic) bond motifs is 1. The molecule has 1 atom stereocenters. The molecule has 0 aromatic heterocycles. The monoisotopic (exact) mass is 434 g/mol. The van der Waals surface area contributed by atoms with Gasteiger partial charge in [-0.1, -0.05) is 73.3 Å². The number of carbonyl (C=O) groups is 2. The van der Waals surface area contributed by atoms with Crippen LogP contribution in [0.4, 0.5) is 0 Å². The standard InChI is InChI=1S/C23H24Cl2O4/c1-2-3-11-23(16-8-5-4-6-9-16)14-15-13-17(29-12-7-10-18(26)27)20(24)21(25)19(15)22(23)28/h4-6,8-9,13H,2-3,7,10-12,14H2,1H3,(H,26,27). The summed E-state index contributed by atoms with van der Waals surface area (Å²) in [5.41, 5.74) is 1.66. The zero-order valence-corrected chi connectivity index (χ0v) is 17.9. The summed E-state index contributed by atoms with van der Waals surface area (Å²) in [6.07, 6.45) is 3.59. The van der Waals surface area contributed by atoms with Gasteiger partial charge in [0.05, 0.1) is 17.0 Å². The number of unbranched alkanes of at least 4 members (excludes halogenated alkanes) is 1. The molecule has 0 saturated carbocycles. The van der Waals surface area contributed by atoms with E-state index in [1.807, 2.05) is 30.3 Å². The summed E-state index contributed by atoms with van der Waals surface area (Å²) in [5.74, 6) is -0.467. The van der Waals surface area contributed by atoms with E-state index in [1.54, 1.807) is 6.07 Å². The van der Waals surface area contributed by atoms with Crippen molar-refractivity contribution in [1.82, 2.24) is 0 Å². The Balaban J connectivity index is 1.95. The average Bonchev–Trinajstić information content (AvgIpc) is 3.00. The predicted molar refractivity (Wildman–Crippen MR) is 115 cm³/mol. The number of rotatable bonds is 9. The highest BCUT2D eigenvalue weighted by atomic mass is 35.5. The van der Waals surface area contributed by atoms with Crippen molar-refractivity contribution in [2.24, 2.45) is 0 Å². The first kappa shape index (κ1) is 21.7. The molecule has 0 bridgehead atoms. The molecule has 0 fully saturated rings. The molecule has 0 radical (unpaired) electrons. The quantitative estimate of drug-likeness (QED) is 0.483. The number of carboxylic acid groups (broad SMARTS) is 1. The number of aliphatic carboxylic acids is 1. The zero-order valence-electron chi connectivity index (χ0n) is 16.3. The third kappa shape index (κ3) is 4.29. The van der Waals surface area contributed by atoms with E-state index in [9.17, 15) is 9.59 Å². The van der Waals surface area contributed by atoms with Gasteiger partial charge in [-0.3, -0.25) is 9.59 Å². The van der Waals surface area contributed by atoms with Gasteiger partial charge in [0, 0.05) is 12.0 Å². The second kappa shape index (κ2) is 9.19. The first-order valence-electron chi connectivity index (χ1n) is 9.86. The molecule has 1 aliphatic carbocycles. The van der Waals surface area contributed by atoms with Crippen LogP contribution in [0.2, 0.25) is 10.0 Å². The van der Waals surface area contributed by atoms with Crippen LogP contribution in [0.15, 0.2) is 36.4 Å². The summed E-state index contributed by atoms with van der Waals surface area (Å²) in [4.78, 5) is 24.3. The van der Waals surface area contributed by atoms with Crippen LogP contribution in [0.5, 0.6) is 5.75 Å². The van der Waals surface area contributed by atoms with E-state index in [0.29, 0.717) is 24.2 Å². The maximum Gasteiger partial charge on any atom is 0.303 e. The van der Waals surface area contributed by atoms with E-state index < -0.39 is 11.4 Å². The summed E-state index contributed by atoms with van der Waals surface area (Å²) in [6.45, 7) is 2.33. The molecule has 2 aromatic rings. The summed E-state index contributed by atoms with van der Waals surface area (Å²) in [6, 6.07) is 11.6. The average molecular weight is 435 g/mol. The lowest BCUT2D eigenvalue weighted by atomic mass is 9.73. The molecule has 6 heteroatoms. The van der Waals surface area contributed by atoms with Crippen LogP contribution >= 0.6 is 23.2 Å². The predicted octanol–water partition coefficient (Wildman–Crippen LogP) is 6.10. The van der Waals surface area contributed by atoms with Gasteiger partial charge in [-0.15, -0.1) is 0 Å². The lowest BCUT2D eigenvalue weighted by Crippen LogP contribution is -2.33. The lowest BCUT2D eigenvalue weighted by molar-refractivity contribution is -0.137. The van der Waals surface area contributed by atoms with E-state index in [-0.39, 0.29) is 28.9 Å². The van der Waals surface area contributed by atoms with Crippen LogP contribution in [0, 0.1) is 0 Å². The van der Waals surface area contributed by atoms with Crippen LogP contribution < -0.4 is 4.74 Å². The van der Waals surface area contributed by atoms with Gasteiger partial charge in [-0.05, 0) is 36.5 Å². The highest BCUT2D eigenvalue weighted by molar-refractivity contribution is 6.45. The first-order valence-corrected chi connectivity index (χ1v) is 10.6. The van der Waals surface area contributed by atoms with E-state index in [1.165, 1.54) is 0 Å². The van der Waals surface area contributed by atoms with Crippen molar-refractivity contribution in [2.75, 3.05) is 6.61 Å². The third-order valence-electron chi connectivity index (χ3n) is 5.48. The Hall–Kier alpha value is -2.04. The van der Waals surface area contributed by atoms with Crippen molar-refractivity contribution in [3.05, 3.63) is 63.1 Å². The Labute approximate surface area is 180 Å². The maximum atomic E-state index is 13.6. The smallest absolute Gasteiger partial charge is 0.303 e. The molecule has 29 heavy (non-hydrogen) atoms. The molecule has 2 aromatic carbocycles. The molecule has 3 rings (SSSR count). The van der Waals surface area contributed by atoms with Gasteiger partial charge < -0.3 is 9.84 Å². The summed E-state index contributed by atoms with van der Waals surface area (Å²) >= 11 is 12.9. The van der Waals surface area contributed by atoms with Crippen molar-refractivity contribution < 1.29 is 19.4 Å². The Kier molecular flexibility index (Phi) is 6.86. The minimum Gasteiger partial charge on any atom is -0.492 e. The van der Waals surface area contributed by atoms with Gasteiger partial charge in [0.25, 0.3) is 0 Å². The summed E-state index contributed by atoms with van der Waals surface area (Å²) in [7, 11) is 0. The van der Waals surface area contributed by atoms with Crippen LogP contribution in [0.1, 0.15) is 60.5 Å². The molecule has 0 spiro atoms. The molecule has 0 aliphatic heterocycles. The number of carboxylic acids is 1. The highest BCUT2D eigenvalue weighted by Crippen LogP contribution is 2.49. The van der Waals surface area contributed by atoms with E-state index in [2.05, 4.69) is 6.92 Å². The van der Waals surface area contributed by atoms with Gasteiger partial charge >= 0.3 is 5.97 Å². The Morgan fingerprint density at radius 2 is 1.90 bits per heavy atom. The minimum absolute atomic E-state index is 0.0106. The molecule has 1 aliphatic rings. The van der Waals surface area contributed by atoms with Crippen LogP contribution in [0.3, 0.4) is 0 Å². The minimum atomic E-state index is -0.874. The highest BCUT2D eigenvalue weighted by Gasteiger charge is 2.48. The SMILES string of the molecule is CCCCC1(c2ccccc2)Cc2cc(OCCCC(=O)O)c(Cl)c(Cl)c2C1=O. The van der Waals surface area contributed by atoms with E-state index >= 15 is 0 Å². The molecular formula is C23H24Cl2O4. The lowest BCUT2D eigenvalue weighted by Gasteiger charge is -2.28. The number of ether oxygens (including phenoxy) is 1. The fraction of sp³-hybridized carbons (Fsp3) is 0.391. The van der Waals surface area contributed by atoms with Crippen molar-refractivity contribution in [1.29, 1.82) is 0 Å². The van der Waals surface area contributed by atoms with Gasteiger partial charge in [-0.2, -0.15) is 0 Å². The number of hydrogen-bond donors (Lipinski definition) is 1. The number of carbonyl (C=O) groups excluding carboxylic acids is 1. The number of benzene rings is 2. The molecule has 0 heterocycles. The van der Waals surface area contributed by atoms with Crippen LogP contribution in [0.25, 0.3) is 0 Å². The van der Waals surface area contributed by atoms with Crippen molar-refractivity contribution in [2.45, 2.75) is 50.9 Å². The fourth-order valence-corrected chi connectivity index (χ4v) is 4.51. The van der Waals surface area contributed by atoms with Crippen molar-refractivity contribution in [3.63, 3.8) is 0 Å². The van der Waals surface area contributed by atoms with Gasteiger partial charge in [0.2, 0.25) is 0 Å². The molecule has 1 N–H and O–H groups in total. The third-order valence-corrected chi connectivity index (χ3v) is 6.33. The van der Waals surface area contributed by atoms with Gasteiger partial charge in [-0.25, -0.2) is 0 Å². The summed E-state index contributed by atoms with van der Waals surface area (Å²) < 4.78 is 5.69. The Morgan fingerprint density at radius 1 is 1.17 bits per heavy atom. The fourth-order valence-electron chi connectivity index (χ4n) is 4.01. The van der Waals surface area contributed by atoms with E-state index in [4.69, 9.17) is 33.0 Å². The molecule has 154 valence electrons. The number of hydrogen-bond acceptors (Lipinski definition) is 3.